The van der Waals surface area contributed by atoms with E-state index in [0.717, 1.165) is 24.5 Å². The van der Waals surface area contributed by atoms with E-state index >= 15 is 0 Å². The van der Waals surface area contributed by atoms with Crippen molar-refractivity contribution >= 4 is 33.2 Å². The van der Waals surface area contributed by atoms with Gasteiger partial charge in [-0.3, -0.25) is 4.72 Å². The predicted molar refractivity (Wildman–Crippen MR) is 130 cm³/mol. The lowest BCUT2D eigenvalue weighted by Crippen LogP contribution is -2.37. The molecule has 1 aliphatic heterocycles. The molecule has 1 aromatic heterocycles. The molecule has 34 heavy (non-hydrogen) atoms. The number of hydrogen-bond acceptors (Lipinski definition) is 9. The molecule has 0 bridgehead atoms. The maximum Gasteiger partial charge on any atom is 0.265 e. The number of hydrogen-bond donors (Lipinski definition) is 2. The summed E-state index contributed by atoms with van der Waals surface area (Å²) >= 11 is 0. The van der Waals surface area contributed by atoms with Gasteiger partial charge in [-0.1, -0.05) is 0 Å². The zero-order valence-electron chi connectivity index (χ0n) is 19.2. The number of anilines is 4. The van der Waals surface area contributed by atoms with Crippen molar-refractivity contribution in [3.8, 4) is 11.5 Å². The summed E-state index contributed by atoms with van der Waals surface area (Å²) in [7, 11) is -1.01. The fraction of sp³-hybridized carbons (Fsp3) is 0.304. The van der Waals surface area contributed by atoms with Gasteiger partial charge in [0.25, 0.3) is 10.0 Å². The zero-order chi connectivity index (χ0) is 24.1. The largest absolute Gasteiger partial charge is 0.497 e. The lowest BCUT2D eigenvalue weighted by Gasteiger charge is -2.27. The molecule has 0 amide bonds. The van der Waals surface area contributed by atoms with Gasteiger partial charge in [0.2, 0.25) is 5.95 Å². The number of sulfonamides is 1. The third-order valence-electron chi connectivity index (χ3n) is 5.21. The van der Waals surface area contributed by atoms with Crippen molar-refractivity contribution in [2.24, 2.45) is 0 Å². The summed E-state index contributed by atoms with van der Waals surface area (Å²) in [5, 5.41) is 3.26. The van der Waals surface area contributed by atoms with Gasteiger partial charge in [0.05, 0.1) is 27.4 Å². The van der Waals surface area contributed by atoms with Crippen LogP contribution in [0.1, 0.15) is 5.69 Å². The van der Waals surface area contributed by atoms with Gasteiger partial charge in [0.1, 0.15) is 22.2 Å². The van der Waals surface area contributed by atoms with E-state index in [-0.39, 0.29) is 10.6 Å². The topological polar surface area (TPSA) is 115 Å². The fourth-order valence-electron chi connectivity index (χ4n) is 3.50. The molecule has 1 fully saturated rings. The Balaban J connectivity index is 1.49. The normalized spacial score (nSPS) is 13.9. The summed E-state index contributed by atoms with van der Waals surface area (Å²) in [6.45, 7) is 4.71. The molecule has 1 aliphatic rings. The Hall–Kier alpha value is -3.57. The SMILES string of the molecule is COc1ccc(OC)c(S(=O)(=O)Nc2ccc(Nc3cc(C)nc(N4CCOCC4)n3)cc2)c1. The average molecular weight is 486 g/mol. The van der Waals surface area contributed by atoms with E-state index in [1.165, 1.54) is 20.3 Å². The smallest absolute Gasteiger partial charge is 0.265 e. The highest BCUT2D eigenvalue weighted by Crippen LogP contribution is 2.30. The Morgan fingerprint density at radius 3 is 2.32 bits per heavy atom. The minimum absolute atomic E-state index is 0.0105. The Bertz CT molecular complexity index is 1250. The second-order valence-corrected chi connectivity index (χ2v) is 9.27. The van der Waals surface area contributed by atoms with E-state index in [1.807, 2.05) is 13.0 Å². The second-order valence-electron chi connectivity index (χ2n) is 7.62. The fourth-order valence-corrected chi connectivity index (χ4v) is 4.74. The van der Waals surface area contributed by atoms with E-state index in [9.17, 15) is 8.42 Å². The minimum Gasteiger partial charge on any atom is -0.497 e. The molecule has 0 aliphatic carbocycles. The van der Waals surface area contributed by atoms with Crippen LogP contribution in [0.25, 0.3) is 0 Å². The van der Waals surface area contributed by atoms with Crippen LogP contribution >= 0.6 is 0 Å². The molecule has 3 aromatic rings. The van der Waals surface area contributed by atoms with Crippen molar-refractivity contribution in [2.45, 2.75) is 11.8 Å². The number of morpholine rings is 1. The van der Waals surface area contributed by atoms with E-state index in [1.54, 1.807) is 36.4 Å². The van der Waals surface area contributed by atoms with Crippen LogP contribution in [0.15, 0.2) is 53.4 Å². The molecule has 2 N–H and O–H groups in total. The van der Waals surface area contributed by atoms with Gasteiger partial charge in [0, 0.05) is 42.3 Å². The quantitative estimate of drug-likeness (QED) is 0.496. The highest BCUT2D eigenvalue weighted by atomic mass is 32.2. The molecular formula is C23H27N5O5S. The average Bonchev–Trinajstić information content (AvgIpc) is 2.85. The van der Waals surface area contributed by atoms with E-state index < -0.39 is 10.0 Å². The number of aromatic nitrogens is 2. The second kappa shape index (κ2) is 10.1. The maximum absolute atomic E-state index is 13.0. The highest BCUT2D eigenvalue weighted by molar-refractivity contribution is 7.92. The van der Waals surface area contributed by atoms with Crippen molar-refractivity contribution in [3.63, 3.8) is 0 Å². The van der Waals surface area contributed by atoms with Crippen molar-refractivity contribution in [2.75, 3.05) is 55.5 Å². The molecule has 1 saturated heterocycles. The first-order chi connectivity index (χ1) is 16.4. The molecular weight excluding hydrogens is 458 g/mol. The number of methoxy groups -OCH3 is 2. The third kappa shape index (κ3) is 5.49. The Kier molecular flexibility index (Phi) is 7.03. The van der Waals surface area contributed by atoms with Gasteiger partial charge < -0.3 is 24.4 Å². The predicted octanol–water partition coefficient (Wildman–Crippen LogP) is 3.18. The number of nitrogens with one attached hydrogen (secondary N) is 2. The zero-order valence-corrected chi connectivity index (χ0v) is 20.1. The summed E-state index contributed by atoms with van der Waals surface area (Å²) in [5.74, 6) is 1.95. The number of rotatable bonds is 8. The molecule has 2 aromatic carbocycles. The van der Waals surface area contributed by atoms with Gasteiger partial charge in [-0.25, -0.2) is 13.4 Å². The van der Waals surface area contributed by atoms with E-state index in [2.05, 4.69) is 24.9 Å². The summed E-state index contributed by atoms with van der Waals surface area (Å²) in [6.07, 6.45) is 0. The van der Waals surface area contributed by atoms with E-state index in [4.69, 9.17) is 14.2 Å². The van der Waals surface area contributed by atoms with E-state index in [0.29, 0.717) is 36.4 Å². The van der Waals surface area contributed by atoms with Crippen molar-refractivity contribution < 1.29 is 22.6 Å². The lowest BCUT2D eigenvalue weighted by atomic mass is 10.3. The van der Waals surface area contributed by atoms with Crippen molar-refractivity contribution in [3.05, 3.63) is 54.2 Å². The molecule has 0 spiro atoms. The van der Waals surface area contributed by atoms with Crippen molar-refractivity contribution in [1.29, 1.82) is 0 Å². The van der Waals surface area contributed by atoms with Crippen LogP contribution in [0.5, 0.6) is 11.5 Å². The number of nitrogens with zero attached hydrogens (tertiary/aromatic N) is 3. The van der Waals surface area contributed by atoms with Crippen LogP contribution in [0, 0.1) is 6.92 Å². The van der Waals surface area contributed by atoms with Gasteiger partial charge in [0.15, 0.2) is 0 Å². The first-order valence-electron chi connectivity index (χ1n) is 10.7. The first kappa shape index (κ1) is 23.6. The number of aryl methyl sites for hydroxylation is 1. The summed E-state index contributed by atoms with van der Waals surface area (Å²) in [6, 6.07) is 13.3. The Labute approximate surface area is 198 Å². The summed E-state index contributed by atoms with van der Waals surface area (Å²) in [4.78, 5) is 11.2. The molecule has 0 radical (unpaired) electrons. The Morgan fingerprint density at radius 1 is 0.941 bits per heavy atom. The molecule has 4 rings (SSSR count). The monoisotopic (exact) mass is 485 g/mol. The summed E-state index contributed by atoms with van der Waals surface area (Å²) < 4.78 is 44.3. The van der Waals surface area contributed by atoms with Gasteiger partial charge in [-0.2, -0.15) is 4.98 Å². The number of ether oxygens (including phenoxy) is 3. The minimum atomic E-state index is -3.90. The molecule has 11 heteroatoms. The molecule has 10 nitrogen and oxygen atoms in total. The highest BCUT2D eigenvalue weighted by Gasteiger charge is 2.21. The molecule has 180 valence electrons. The van der Waals surface area contributed by atoms with Gasteiger partial charge >= 0.3 is 0 Å². The van der Waals surface area contributed by atoms with Crippen LogP contribution in [-0.2, 0) is 14.8 Å². The first-order valence-corrected chi connectivity index (χ1v) is 12.2. The molecule has 0 saturated carbocycles. The molecule has 0 unspecified atom stereocenters. The van der Waals surface area contributed by atoms with Crippen LogP contribution in [0.3, 0.4) is 0 Å². The standard InChI is InChI=1S/C23H27N5O5S/c1-16-14-22(26-23(24-16)28-10-12-33-13-11-28)25-17-4-6-18(7-5-17)27-34(29,30)21-15-19(31-2)8-9-20(21)32-3/h4-9,14-15,27H,10-13H2,1-3H3,(H,24,25,26). The maximum atomic E-state index is 13.0. The van der Waals surface area contributed by atoms with Crippen LogP contribution in [0.2, 0.25) is 0 Å². The molecule has 0 atom stereocenters. The van der Waals surface area contributed by atoms with Crippen LogP contribution < -0.4 is 24.4 Å². The van der Waals surface area contributed by atoms with Crippen molar-refractivity contribution in [1.82, 2.24) is 9.97 Å². The molecule has 2 heterocycles. The summed E-state index contributed by atoms with van der Waals surface area (Å²) in [5.41, 5.74) is 2.01. The lowest BCUT2D eigenvalue weighted by molar-refractivity contribution is 0.122. The van der Waals surface area contributed by atoms with Crippen LogP contribution in [0.4, 0.5) is 23.1 Å². The number of benzene rings is 2. The Morgan fingerprint density at radius 2 is 1.65 bits per heavy atom. The van der Waals surface area contributed by atoms with Crippen LogP contribution in [-0.4, -0.2) is 58.9 Å². The van der Waals surface area contributed by atoms with Gasteiger partial charge in [-0.05, 0) is 43.3 Å². The van der Waals surface area contributed by atoms with Gasteiger partial charge in [-0.15, -0.1) is 0 Å². The third-order valence-corrected chi connectivity index (χ3v) is 6.61.